The van der Waals surface area contributed by atoms with Gasteiger partial charge in [-0.15, -0.1) is 12.4 Å². The van der Waals surface area contributed by atoms with Gasteiger partial charge >= 0.3 is 5.97 Å². The first kappa shape index (κ1) is 14.3. The molecule has 0 spiro atoms. The Labute approximate surface area is 112 Å². The number of carboxylic acids is 1. The number of hydrogen-bond acceptors (Lipinski definition) is 2. The van der Waals surface area contributed by atoms with Gasteiger partial charge in [0.15, 0.2) is 0 Å². The molecule has 0 amide bonds. The maximum Gasteiger partial charge on any atom is 0.320 e. The lowest BCUT2D eigenvalue weighted by atomic mass is 10.2. The van der Waals surface area contributed by atoms with Crippen LogP contribution in [0.15, 0.2) is 24.3 Å². The van der Waals surface area contributed by atoms with Crippen LogP contribution in [0.5, 0.6) is 0 Å². The lowest BCUT2D eigenvalue weighted by Crippen LogP contribution is -2.35. The minimum absolute atomic E-state index is 0. The van der Waals surface area contributed by atoms with E-state index in [1.54, 1.807) is 0 Å². The third-order valence-electron chi connectivity index (χ3n) is 2.98. The number of halogens is 2. The first-order valence-corrected chi connectivity index (χ1v) is 5.76. The maximum absolute atomic E-state index is 11.0. The molecule has 1 aliphatic heterocycles. The van der Waals surface area contributed by atoms with Crippen LogP contribution in [-0.4, -0.2) is 28.6 Å². The van der Waals surface area contributed by atoms with E-state index in [1.807, 2.05) is 29.2 Å². The first-order valence-electron chi connectivity index (χ1n) is 5.39. The monoisotopic (exact) mass is 275 g/mol. The van der Waals surface area contributed by atoms with Crippen molar-refractivity contribution in [3.8, 4) is 0 Å². The fourth-order valence-electron chi connectivity index (χ4n) is 2.14. The zero-order valence-corrected chi connectivity index (χ0v) is 10.9. The van der Waals surface area contributed by atoms with Crippen LogP contribution < -0.4 is 0 Å². The van der Waals surface area contributed by atoms with Gasteiger partial charge in [-0.3, -0.25) is 9.69 Å². The van der Waals surface area contributed by atoms with Crippen molar-refractivity contribution in [2.24, 2.45) is 0 Å². The van der Waals surface area contributed by atoms with Gasteiger partial charge in [0.2, 0.25) is 0 Å². The Balaban J connectivity index is 0.00000144. The van der Waals surface area contributed by atoms with Crippen molar-refractivity contribution in [1.29, 1.82) is 0 Å². The van der Waals surface area contributed by atoms with Crippen molar-refractivity contribution in [2.75, 3.05) is 6.54 Å². The third kappa shape index (κ3) is 3.35. The topological polar surface area (TPSA) is 40.5 Å². The van der Waals surface area contributed by atoms with E-state index in [2.05, 4.69) is 0 Å². The summed E-state index contributed by atoms with van der Waals surface area (Å²) in [6.07, 6.45) is 1.68. The highest BCUT2D eigenvalue weighted by Gasteiger charge is 2.30. The van der Waals surface area contributed by atoms with E-state index in [-0.39, 0.29) is 18.4 Å². The molecule has 1 aromatic carbocycles. The van der Waals surface area contributed by atoms with Crippen molar-refractivity contribution in [1.82, 2.24) is 4.90 Å². The number of likely N-dealkylation sites (tertiary alicyclic amines) is 1. The van der Waals surface area contributed by atoms with Gasteiger partial charge in [-0.05, 0) is 31.0 Å². The molecule has 3 nitrogen and oxygen atoms in total. The molecule has 1 aliphatic rings. The predicted octanol–water partition coefficient (Wildman–Crippen LogP) is 2.81. The summed E-state index contributed by atoms with van der Waals surface area (Å²) >= 11 is 6.06. The van der Waals surface area contributed by atoms with Crippen LogP contribution in [0.1, 0.15) is 18.4 Å². The molecule has 0 saturated carbocycles. The molecule has 5 heteroatoms. The van der Waals surface area contributed by atoms with Crippen molar-refractivity contribution in [3.63, 3.8) is 0 Å². The molecule has 2 rings (SSSR count). The minimum Gasteiger partial charge on any atom is -0.480 e. The largest absolute Gasteiger partial charge is 0.480 e. The smallest absolute Gasteiger partial charge is 0.320 e. The summed E-state index contributed by atoms with van der Waals surface area (Å²) < 4.78 is 0. The van der Waals surface area contributed by atoms with Gasteiger partial charge < -0.3 is 5.11 Å². The molecule has 1 heterocycles. The summed E-state index contributed by atoms with van der Waals surface area (Å²) in [5.74, 6) is -0.732. The van der Waals surface area contributed by atoms with Crippen LogP contribution >= 0.6 is 24.0 Å². The molecule has 0 bridgehead atoms. The molecule has 0 aliphatic carbocycles. The second-order valence-electron chi connectivity index (χ2n) is 4.06. The Morgan fingerprint density at radius 1 is 1.47 bits per heavy atom. The summed E-state index contributed by atoms with van der Waals surface area (Å²) in [7, 11) is 0. The molecule has 1 atom stereocenters. The highest BCUT2D eigenvalue weighted by molar-refractivity contribution is 6.31. The Morgan fingerprint density at radius 3 is 2.82 bits per heavy atom. The zero-order valence-electron chi connectivity index (χ0n) is 9.30. The zero-order chi connectivity index (χ0) is 11.5. The van der Waals surface area contributed by atoms with Gasteiger partial charge in [-0.25, -0.2) is 0 Å². The van der Waals surface area contributed by atoms with Crippen molar-refractivity contribution in [3.05, 3.63) is 34.9 Å². The van der Waals surface area contributed by atoms with Gasteiger partial charge in [-0.2, -0.15) is 0 Å². The van der Waals surface area contributed by atoms with Crippen LogP contribution in [0.25, 0.3) is 0 Å². The van der Waals surface area contributed by atoms with Gasteiger partial charge in [0.1, 0.15) is 6.04 Å². The average molecular weight is 276 g/mol. The van der Waals surface area contributed by atoms with E-state index >= 15 is 0 Å². The van der Waals surface area contributed by atoms with E-state index in [1.165, 1.54) is 0 Å². The maximum atomic E-state index is 11.0. The van der Waals surface area contributed by atoms with E-state index in [0.717, 1.165) is 24.9 Å². The molecule has 0 radical (unpaired) electrons. The highest BCUT2D eigenvalue weighted by atomic mass is 35.5. The second kappa shape index (κ2) is 6.24. The number of benzene rings is 1. The quantitative estimate of drug-likeness (QED) is 0.922. The molecule has 94 valence electrons. The average Bonchev–Trinajstić information content (AvgIpc) is 2.69. The Bertz CT molecular complexity index is 398. The van der Waals surface area contributed by atoms with Crippen LogP contribution in [0.3, 0.4) is 0 Å². The Kier molecular flexibility index (Phi) is 5.25. The number of carbonyl (C=O) groups is 1. The Hall–Kier alpha value is -0.770. The van der Waals surface area contributed by atoms with E-state index in [4.69, 9.17) is 16.7 Å². The standard InChI is InChI=1S/C12H14ClNO2.ClH/c13-10-5-2-1-4-9(10)8-14-7-3-6-11(14)12(15)16;/h1-2,4-5,11H,3,6-8H2,(H,15,16);1H/t11-;/m0./s1. The number of carboxylic acid groups (broad SMARTS) is 1. The van der Waals surface area contributed by atoms with Crippen molar-refractivity contribution in [2.45, 2.75) is 25.4 Å². The molecule has 1 saturated heterocycles. The summed E-state index contributed by atoms with van der Waals surface area (Å²) in [5, 5.41) is 9.76. The number of hydrogen-bond donors (Lipinski definition) is 1. The van der Waals surface area contributed by atoms with E-state index in [0.29, 0.717) is 11.6 Å². The normalized spacial score (nSPS) is 19.9. The predicted molar refractivity (Wildman–Crippen MR) is 69.8 cm³/mol. The van der Waals surface area contributed by atoms with E-state index in [9.17, 15) is 4.79 Å². The first-order chi connectivity index (χ1) is 7.68. The third-order valence-corrected chi connectivity index (χ3v) is 3.35. The molecule has 17 heavy (non-hydrogen) atoms. The number of aliphatic carboxylic acids is 1. The molecule has 0 unspecified atom stereocenters. The summed E-state index contributed by atoms with van der Waals surface area (Å²) in [4.78, 5) is 13.0. The van der Waals surface area contributed by atoms with Gasteiger partial charge in [0, 0.05) is 11.6 Å². The summed E-state index contributed by atoms with van der Waals surface area (Å²) in [5.41, 5.74) is 0.998. The fraction of sp³-hybridized carbons (Fsp3) is 0.417. The van der Waals surface area contributed by atoms with Crippen LogP contribution in [0.4, 0.5) is 0 Å². The summed E-state index contributed by atoms with van der Waals surface area (Å²) in [6.45, 7) is 1.46. The second-order valence-corrected chi connectivity index (χ2v) is 4.47. The molecule has 1 fully saturated rings. The number of rotatable bonds is 3. The SMILES string of the molecule is Cl.O=C(O)[C@@H]1CCCN1Cc1ccccc1Cl. The van der Waals surface area contributed by atoms with Crippen LogP contribution in [-0.2, 0) is 11.3 Å². The van der Waals surface area contributed by atoms with Crippen LogP contribution in [0, 0.1) is 0 Å². The highest BCUT2D eigenvalue weighted by Crippen LogP contribution is 2.23. The Morgan fingerprint density at radius 2 is 2.18 bits per heavy atom. The lowest BCUT2D eigenvalue weighted by Gasteiger charge is -2.21. The fourth-order valence-corrected chi connectivity index (χ4v) is 2.34. The summed E-state index contributed by atoms with van der Waals surface area (Å²) in [6, 6.07) is 7.23. The minimum atomic E-state index is -0.732. The van der Waals surface area contributed by atoms with E-state index < -0.39 is 5.97 Å². The van der Waals surface area contributed by atoms with Crippen LogP contribution in [0.2, 0.25) is 5.02 Å². The van der Waals surface area contributed by atoms with Crippen molar-refractivity contribution >= 4 is 30.0 Å². The molecular formula is C12H15Cl2NO2. The molecule has 1 N–H and O–H groups in total. The molecule has 1 aromatic rings. The van der Waals surface area contributed by atoms with Crippen molar-refractivity contribution < 1.29 is 9.90 Å². The number of nitrogens with zero attached hydrogens (tertiary/aromatic N) is 1. The van der Waals surface area contributed by atoms with Gasteiger partial charge in [0.05, 0.1) is 0 Å². The molecule has 0 aromatic heterocycles. The van der Waals surface area contributed by atoms with Gasteiger partial charge in [0.25, 0.3) is 0 Å². The lowest BCUT2D eigenvalue weighted by molar-refractivity contribution is -0.142. The molecular weight excluding hydrogens is 261 g/mol. The van der Waals surface area contributed by atoms with Gasteiger partial charge in [-0.1, -0.05) is 29.8 Å².